The summed E-state index contributed by atoms with van der Waals surface area (Å²) in [6, 6.07) is 17.4. The van der Waals surface area contributed by atoms with Crippen molar-refractivity contribution in [3.63, 3.8) is 0 Å². The first-order valence-corrected chi connectivity index (χ1v) is 9.18. The third-order valence-corrected chi connectivity index (χ3v) is 4.76. The predicted molar refractivity (Wildman–Crippen MR) is 102 cm³/mol. The highest BCUT2D eigenvalue weighted by atomic mass is 16.5. The second kappa shape index (κ2) is 9.31. The molecule has 1 fully saturated rings. The average molecular weight is 364 g/mol. The molecule has 0 aliphatic carbocycles. The van der Waals surface area contributed by atoms with E-state index in [-0.39, 0.29) is 12.1 Å². The number of hydrogen-bond donors (Lipinski definition) is 0. The molecule has 27 heavy (non-hydrogen) atoms. The SMILES string of the molecule is COC(=O)c1ccc(CN(Cc2ccc(C#N)cc2)CC2CCCO2)cc1. The van der Waals surface area contributed by atoms with Crippen LogP contribution in [-0.4, -0.2) is 37.2 Å². The summed E-state index contributed by atoms with van der Waals surface area (Å²) in [6.45, 7) is 3.24. The number of carbonyl (C=O) groups is 1. The van der Waals surface area contributed by atoms with Crippen LogP contribution >= 0.6 is 0 Å². The van der Waals surface area contributed by atoms with E-state index >= 15 is 0 Å². The number of methoxy groups -OCH3 is 1. The normalized spacial score (nSPS) is 16.3. The molecular formula is C22H24N2O3. The van der Waals surface area contributed by atoms with Crippen molar-refractivity contribution in [2.24, 2.45) is 0 Å². The first kappa shape index (κ1) is 19.1. The summed E-state index contributed by atoms with van der Waals surface area (Å²) >= 11 is 0. The van der Waals surface area contributed by atoms with E-state index in [1.54, 1.807) is 12.1 Å². The van der Waals surface area contributed by atoms with E-state index in [2.05, 4.69) is 11.0 Å². The molecule has 2 aromatic rings. The van der Waals surface area contributed by atoms with Crippen molar-refractivity contribution in [3.05, 3.63) is 70.8 Å². The summed E-state index contributed by atoms with van der Waals surface area (Å²) in [5, 5.41) is 8.96. The van der Waals surface area contributed by atoms with Crippen LogP contribution in [0.25, 0.3) is 0 Å². The van der Waals surface area contributed by atoms with Crippen molar-refractivity contribution in [3.8, 4) is 6.07 Å². The smallest absolute Gasteiger partial charge is 0.337 e. The Bertz CT molecular complexity index is 788. The van der Waals surface area contributed by atoms with Gasteiger partial charge in [-0.05, 0) is 48.2 Å². The molecule has 0 spiro atoms. The van der Waals surface area contributed by atoms with Gasteiger partial charge in [0.2, 0.25) is 0 Å². The summed E-state index contributed by atoms with van der Waals surface area (Å²) in [6.07, 6.45) is 2.46. The van der Waals surface area contributed by atoms with E-state index in [0.29, 0.717) is 11.1 Å². The van der Waals surface area contributed by atoms with Gasteiger partial charge in [0.25, 0.3) is 0 Å². The molecule has 0 amide bonds. The van der Waals surface area contributed by atoms with Gasteiger partial charge < -0.3 is 9.47 Å². The van der Waals surface area contributed by atoms with E-state index in [0.717, 1.165) is 50.2 Å². The molecule has 0 saturated carbocycles. The first-order valence-electron chi connectivity index (χ1n) is 9.18. The highest BCUT2D eigenvalue weighted by Gasteiger charge is 2.20. The quantitative estimate of drug-likeness (QED) is 0.704. The molecule has 0 radical (unpaired) electrons. The minimum Gasteiger partial charge on any atom is -0.465 e. The third-order valence-electron chi connectivity index (χ3n) is 4.76. The fraction of sp³-hybridized carbons (Fsp3) is 0.364. The Kier molecular flexibility index (Phi) is 6.59. The third kappa shape index (κ3) is 5.40. The van der Waals surface area contributed by atoms with Crippen molar-refractivity contribution in [2.45, 2.75) is 32.0 Å². The molecular weight excluding hydrogens is 340 g/mol. The van der Waals surface area contributed by atoms with E-state index < -0.39 is 0 Å². The predicted octanol–water partition coefficient (Wildman–Crippen LogP) is 3.53. The zero-order valence-corrected chi connectivity index (χ0v) is 15.6. The van der Waals surface area contributed by atoms with Crippen LogP contribution in [0, 0.1) is 11.3 Å². The second-order valence-corrected chi connectivity index (χ2v) is 6.80. The minimum atomic E-state index is -0.324. The molecule has 2 aromatic carbocycles. The van der Waals surface area contributed by atoms with E-state index in [9.17, 15) is 4.79 Å². The van der Waals surface area contributed by atoms with Crippen molar-refractivity contribution < 1.29 is 14.3 Å². The summed E-state index contributed by atoms with van der Waals surface area (Å²) < 4.78 is 10.6. The number of nitrogens with zero attached hydrogens (tertiary/aromatic N) is 2. The average Bonchev–Trinajstić information content (AvgIpc) is 3.21. The zero-order valence-electron chi connectivity index (χ0n) is 15.6. The Balaban J connectivity index is 1.70. The minimum absolute atomic E-state index is 0.262. The second-order valence-electron chi connectivity index (χ2n) is 6.80. The van der Waals surface area contributed by atoms with Gasteiger partial charge in [0, 0.05) is 26.2 Å². The molecule has 1 aliphatic heterocycles. The van der Waals surface area contributed by atoms with Gasteiger partial charge in [-0.15, -0.1) is 0 Å². The summed E-state index contributed by atoms with van der Waals surface area (Å²) in [4.78, 5) is 14.0. The van der Waals surface area contributed by atoms with Crippen LogP contribution in [-0.2, 0) is 22.6 Å². The number of esters is 1. The Morgan fingerprint density at radius 2 is 1.78 bits per heavy atom. The molecule has 1 unspecified atom stereocenters. The molecule has 0 bridgehead atoms. The zero-order chi connectivity index (χ0) is 19.1. The van der Waals surface area contributed by atoms with Gasteiger partial charge in [-0.25, -0.2) is 4.79 Å². The van der Waals surface area contributed by atoms with Gasteiger partial charge in [0.05, 0.1) is 30.4 Å². The molecule has 5 heteroatoms. The van der Waals surface area contributed by atoms with Crippen molar-refractivity contribution >= 4 is 5.97 Å². The van der Waals surface area contributed by atoms with Gasteiger partial charge >= 0.3 is 5.97 Å². The summed E-state index contributed by atoms with van der Waals surface area (Å²) in [7, 11) is 1.39. The highest BCUT2D eigenvalue weighted by Crippen LogP contribution is 2.18. The maximum atomic E-state index is 11.6. The van der Waals surface area contributed by atoms with Crippen LogP contribution in [0.5, 0.6) is 0 Å². The van der Waals surface area contributed by atoms with Crippen LogP contribution in [0.15, 0.2) is 48.5 Å². The Morgan fingerprint density at radius 1 is 1.15 bits per heavy atom. The fourth-order valence-corrected chi connectivity index (χ4v) is 3.33. The molecule has 140 valence electrons. The highest BCUT2D eigenvalue weighted by molar-refractivity contribution is 5.89. The van der Waals surface area contributed by atoms with Crippen molar-refractivity contribution in [1.82, 2.24) is 4.90 Å². The number of carbonyl (C=O) groups excluding carboxylic acids is 1. The van der Waals surface area contributed by atoms with Crippen LogP contribution in [0.3, 0.4) is 0 Å². The van der Waals surface area contributed by atoms with Gasteiger partial charge in [-0.3, -0.25) is 4.90 Å². The topological polar surface area (TPSA) is 62.6 Å². The molecule has 0 N–H and O–H groups in total. The van der Waals surface area contributed by atoms with E-state index in [1.807, 2.05) is 36.4 Å². The summed E-state index contributed by atoms with van der Waals surface area (Å²) in [5.74, 6) is -0.324. The Hall–Kier alpha value is -2.68. The lowest BCUT2D eigenvalue weighted by Gasteiger charge is -2.25. The van der Waals surface area contributed by atoms with Crippen LogP contribution < -0.4 is 0 Å². The summed E-state index contributed by atoms with van der Waals surface area (Å²) in [5.41, 5.74) is 3.52. The number of nitriles is 1. The van der Waals surface area contributed by atoms with E-state index in [4.69, 9.17) is 14.7 Å². The lowest BCUT2D eigenvalue weighted by molar-refractivity contribution is 0.0600. The fourth-order valence-electron chi connectivity index (χ4n) is 3.33. The molecule has 1 saturated heterocycles. The lowest BCUT2D eigenvalue weighted by Crippen LogP contribution is -2.31. The number of benzene rings is 2. The number of ether oxygens (including phenoxy) is 2. The molecule has 3 rings (SSSR count). The van der Waals surface area contributed by atoms with Gasteiger partial charge in [-0.1, -0.05) is 24.3 Å². The molecule has 5 nitrogen and oxygen atoms in total. The number of rotatable bonds is 7. The Labute approximate surface area is 160 Å². The monoisotopic (exact) mass is 364 g/mol. The van der Waals surface area contributed by atoms with Crippen molar-refractivity contribution in [1.29, 1.82) is 5.26 Å². The van der Waals surface area contributed by atoms with Gasteiger partial charge in [-0.2, -0.15) is 5.26 Å². The molecule has 0 aromatic heterocycles. The maximum absolute atomic E-state index is 11.6. The molecule has 1 heterocycles. The molecule has 1 atom stereocenters. The van der Waals surface area contributed by atoms with Crippen LogP contribution in [0.2, 0.25) is 0 Å². The Morgan fingerprint density at radius 3 is 2.30 bits per heavy atom. The largest absolute Gasteiger partial charge is 0.465 e. The van der Waals surface area contributed by atoms with Crippen LogP contribution in [0.1, 0.15) is 39.9 Å². The maximum Gasteiger partial charge on any atom is 0.337 e. The number of hydrogen-bond acceptors (Lipinski definition) is 5. The van der Waals surface area contributed by atoms with Gasteiger partial charge in [0.15, 0.2) is 0 Å². The van der Waals surface area contributed by atoms with Crippen molar-refractivity contribution in [2.75, 3.05) is 20.3 Å². The lowest BCUT2D eigenvalue weighted by atomic mass is 10.1. The van der Waals surface area contributed by atoms with E-state index in [1.165, 1.54) is 7.11 Å². The molecule has 1 aliphatic rings. The first-order chi connectivity index (χ1) is 13.2. The standard InChI is InChI=1S/C22H24N2O3/c1-26-22(25)20-10-8-19(9-11-20)15-24(16-21-3-2-12-27-21)14-18-6-4-17(13-23)5-7-18/h4-11,21H,2-3,12,14-16H2,1H3. The van der Waals surface area contributed by atoms with Gasteiger partial charge in [0.1, 0.15) is 0 Å². The van der Waals surface area contributed by atoms with Crippen LogP contribution in [0.4, 0.5) is 0 Å².